The number of benzene rings is 2. The first-order chi connectivity index (χ1) is 14.8. The van der Waals surface area contributed by atoms with Crippen molar-refractivity contribution >= 4 is 75.1 Å². The van der Waals surface area contributed by atoms with Crippen molar-refractivity contribution in [1.29, 1.82) is 0 Å². The molecule has 2 aromatic rings. The summed E-state index contributed by atoms with van der Waals surface area (Å²) in [5, 5.41) is 6.08. The summed E-state index contributed by atoms with van der Waals surface area (Å²) in [7, 11) is 0. The molecule has 2 N–H and O–H groups in total. The van der Waals surface area contributed by atoms with E-state index in [-0.39, 0.29) is 29.2 Å². The fraction of sp³-hybridized carbons (Fsp3) is 0.190. The van der Waals surface area contributed by atoms with Gasteiger partial charge in [-0.25, -0.2) is 0 Å². The minimum Gasteiger partial charge on any atom is -0.490 e. The monoisotopic (exact) mass is 496 g/mol. The fourth-order valence-electron chi connectivity index (χ4n) is 2.65. The molecule has 10 heteroatoms. The lowest BCUT2D eigenvalue weighted by Crippen LogP contribution is -2.20. The van der Waals surface area contributed by atoms with E-state index >= 15 is 0 Å². The highest BCUT2D eigenvalue weighted by Crippen LogP contribution is 2.38. The summed E-state index contributed by atoms with van der Waals surface area (Å²) < 4.78 is 11.7. The summed E-state index contributed by atoms with van der Waals surface area (Å²) in [6.45, 7) is 3.77. The molecule has 0 radical (unpaired) electrons. The topological polar surface area (TPSA) is 76.7 Å². The number of rotatable bonds is 7. The van der Waals surface area contributed by atoms with Crippen molar-refractivity contribution < 1.29 is 19.1 Å². The molecule has 1 aliphatic rings. The normalized spacial score (nSPS) is 14.5. The van der Waals surface area contributed by atoms with Crippen LogP contribution in [0.15, 0.2) is 35.2 Å². The van der Waals surface area contributed by atoms with Crippen LogP contribution in [-0.4, -0.2) is 29.3 Å². The molecule has 31 heavy (non-hydrogen) atoms. The van der Waals surface area contributed by atoms with E-state index in [1.54, 1.807) is 30.3 Å². The lowest BCUT2D eigenvalue weighted by molar-refractivity contribution is -0.118. The van der Waals surface area contributed by atoms with Gasteiger partial charge < -0.3 is 20.1 Å². The van der Waals surface area contributed by atoms with Gasteiger partial charge in [0.15, 0.2) is 18.1 Å². The van der Waals surface area contributed by atoms with Gasteiger partial charge in [-0.1, -0.05) is 53.2 Å². The molecule has 6 nitrogen and oxygen atoms in total. The van der Waals surface area contributed by atoms with Crippen molar-refractivity contribution in [2.45, 2.75) is 13.8 Å². The Kier molecular flexibility index (Phi) is 7.83. The minimum atomic E-state index is -0.378. The van der Waals surface area contributed by atoms with Gasteiger partial charge in [0.05, 0.1) is 16.5 Å². The number of ether oxygens (including phenoxy) is 2. The molecule has 1 heterocycles. The molecule has 162 valence electrons. The van der Waals surface area contributed by atoms with Gasteiger partial charge >= 0.3 is 0 Å². The zero-order valence-corrected chi connectivity index (χ0v) is 19.7. The Hall–Kier alpha value is -2.26. The Bertz CT molecular complexity index is 1090. The van der Waals surface area contributed by atoms with E-state index in [1.807, 2.05) is 19.9 Å². The van der Waals surface area contributed by atoms with E-state index in [0.29, 0.717) is 37.9 Å². The number of anilines is 1. The number of thiocarbonyl (C=S) groups is 1. The summed E-state index contributed by atoms with van der Waals surface area (Å²) >= 11 is 18.6. The van der Waals surface area contributed by atoms with Crippen molar-refractivity contribution in [3.8, 4) is 11.5 Å². The van der Waals surface area contributed by atoms with E-state index in [9.17, 15) is 9.59 Å². The van der Waals surface area contributed by atoms with Crippen LogP contribution >= 0.6 is 47.2 Å². The quantitative estimate of drug-likeness (QED) is 0.404. The first-order valence-electron chi connectivity index (χ1n) is 9.16. The van der Waals surface area contributed by atoms with Gasteiger partial charge in [-0.15, -0.1) is 0 Å². The molecule has 0 spiro atoms. The first-order valence-corrected chi connectivity index (χ1v) is 11.1. The molecular formula is C21H18Cl2N2O4S2. The second kappa shape index (κ2) is 10.4. The number of carbonyl (C=O) groups is 2. The van der Waals surface area contributed by atoms with Crippen molar-refractivity contribution in [3.05, 3.63) is 56.4 Å². The van der Waals surface area contributed by atoms with Crippen LogP contribution in [0.1, 0.15) is 18.1 Å². The van der Waals surface area contributed by atoms with Crippen LogP contribution in [0, 0.1) is 6.92 Å². The molecule has 1 fully saturated rings. The molecule has 0 saturated carbocycles. The standard InChI is InChI=1S/C21H18Cl2N2O4S2/c1-3-28-16-7-12(8-17-20(27)25-21(30)31-17)6-15(23)19(16)29-10-18(26)24-13-5-4-11(2)14(22)9-13/h4-9H,3,10H2,1-2H3,(H,24,26)(H,25,27,30)/b17-8-. The number of amides is 2. The number of hydrogen-bond donors (Lipinski definition) is 2. The number of thioether (sulfide) groups is 1. The molecular weight excluding hydrogens is 479 g/mol. The maximum atomic E-state index is 12.3. The Morgan fingerprint density at radius 3 is 2.65 bits per heavy atom. The average molecular weight is 497 g/mol. The first kappa shape index (κ1) is 23.4. The summed E-state index contributed by atoms with van der Waals surface area (Å²) in [5.74, 6) is -0.0460. The predicted octanol–water partition coefficient (Wildman–Crippen LogP) is 5.21. The van der Waals surface area contributed by atoms with Gasteiger partial charge in [0.25, 0.3) is 11.8 Å². The van der Waals surface area contributed by atoms with Gasteiger partial charge in [-0.3, -0.25) is 9.59 Å². The molecule has 3 rings (SSSR count). The van der Waals surface area contributed by atoms with E-state index in [4.69, 9.17) is 44.9 Å². The van der Waals surface area contributed by atoms with E-state index in [0.717, 1.165) is 5.56 Å². The lowest BCUT2D eigenvalue weighted by atomic mass is 10.2. The van der Waals surface area contributed by atoms with Crippen molar-refractivity contribution in [1.82, 2.24) is 5.32 Å². The molecule has 1 aliphatic heterocycles. The molecule has 2 aromatic carbocycles. The van der Waals surface area contributed by atoms with Gasteiger partial charge in [-0.2, -0.15) is 0 Å². The second-order valence-corrected chi connectivity index (χ2v) is 8.95. The molecule has 0 aliphatic carbocycles. The highest BCUT2D eigenvalue weighted by Gasteiger charge is 2.22. The van der Waals surface area contributed by atoms with E-state index in [1.165, 1.54) is 11.8 Å². The number of aryl methyl sites for hydroxylation is 1. The van der Waals surface area contributed by atoms with E-state index in [2.05, 4.69) is 10.6 Å². The third kappa shape index (κ3) is 6.13. The third-order valence-electron chi connectivity index (χ3n) is 4.07. The maximum Gasteiger partial charge on any atom is 0.263 e. The van der Waals surface area contributed by atoms with Crippen LogP contribution in [0.3, 0.4) is 0 Å². The van der Waals surface area contributed by atoms with Crippen LogP contribution < -0.4 is 20.1 Å². The molecule has 0 aromatic heterocycles. The number of carbonyl (C=O) groups excluding carboxylic acids is 2. The van der Waals surface area contributed by atoms with Gasteiger partial charge in [0, 0.05) is 10.7 Å². The lowest BCUT2D eigenvalue weighted by Gasteiger charge is -2.15. The smallest absolute Gasteiger partial charge is 0.263 e. The molecule has 2 amide bonds. The third-order valence-corrected chi connectivity index (χ3v) is 5.93. The van der Waals surface area contributed by atoms with Crippen LogP contribution in [0.25, 0.3) is 6.08 Å². The zero-order valence-electron chi connectivity index (χ0n) is 16.6. The summed E-state index contributed by atoms with van der Waals surface area (Å²) in [6, 6.07) is 8.54. The Morgan fingerprint density at radius 2 is 2.00 bits per heavy atom. The molecule has 1 saturated heterocycles. The predicted molar refractivity (Wildman–Crippen MR) is 129 cm³/mol. The second-order valence-electron chi connectivity index (χ2n) is 6.42. The zero-order chi connectivity index (χ0) is 22.5. The summed E-state index contributed by atoms with van der Waals surface area (Å²) in [5.41, 5.74) is 2.11. The van der Waals surface area contributed by atoms with Crippen LogP contribution in [-0.2, 0) is 9.59 Å². The fourth-order valence-corrected chi connectivity index (χ4v) is 4.15. The van der Waals surface area contributed by atoms with Gasteiger partial charge in [0.2, 0.25) is 0 Å². The summed E-state index contributed by atoms with van der Waals surface area (Å²) in [6.07, 6.45) is 1.66. The molecule has 0 atom stereocenters. The van der Waals surface area contributed by atoms with Crippen LogP contribution in [0.5, 0.6) is 11.5 Å². The Morgan fingerprint density at radius 1 is 1.23 bits per heavy atom. The van der Waals surface area contributed by atoms with Gasteiger partial charge in [-0.05, 0) is 55.3 Å². The largest absolute Gasteiger partial charge is 0.490 e. The number of nitrogens with one attached hydrogen (secondary N) is 2. The highest BCUT2D eigenvalue weighted by atomic mass is 35.5. The van der Waals surface area contributed by atoms with Crippen LogP contribution in [0.4, 0.5) is 5.69 Å². The Balaban J connectivity index is 1.75. The molecule has 0 bridgehead atoms. The average Bonchev–Trinajstić information content (AvgIpc) is 3.01. The van der Waals surface area contributed by atoms with Crippen molar-refractivity contribution in [3.63, 3.8) is 0 Å². The minimum absolute atomic E-state index is 0.238. The van der Waals surface area contributed by atoms with Gasteiger partial charge in [0.1, 0.15) is 4.32 Å². The highest BCUT2D eigenvalue weighted by molar-refractivity contribution is 8.26. The van der Waals surface area contributed by atoms with Crippen molar-refractivity contribution in [2.75, 3.05) is 18.5 Å². The Labute approximate surface area is 199 Å². The summed E-state index contributed by atoms with van der Waals surface area (Å²) in [4.78, 5) is 24.6. The number of halogens is 2. The molecule has 0 unspecified atom stereocenters. The maximum absolute atomic E-state index is 12.3. The van der Waals surface area contributed by atoms with E-state index < -0.39 is 0 Å². The van der Waals surface area contributed by atoms with Crippen LogP contribution in [0.2, 0.25) is 10.0 Å². The number of hydrogen-bond acceptors (Lipinski definition) is 6. The SMILES string of the molecule is CCOc1cc(/C=C2\SC(=S)NC2=O)cc(Cl)c1OCC(=O)Nc1ccc(C)c(Cl)c1. The van der Waals surface area contributed by atoms with Crippen molar-refractivity contribution in [2.24, 2.45) is 0 Å².